The number of halogens is 1. The van der Waals surface area contributed by atoms with Gasteiger partial charge in [0, 0.05) is 22.5 Å². The molecule has 0 saturated carbocycles. The van der Waals surface area contributed by atoms with Crippen molar-refractivity contribution in [3.8, 4) is 0 Å². The van der Waals surface area contributed by atoms with Crippen LogP contribution in [0.5, 0.6) is 0 Å². The monoisotopic (exact) mass is 283 g/mol. The van der Waals surface area contributed by atoms with Crippen molar-refractivity contribution in [3.05, 3.63) is 35.1 Å². The lowest BCUT2D eigenvalue weighted by molar-refractivity contribution is 0.318. The number of rotatable bonds is 3. The Balaban J connectivity index is 2.43. The minimum atomic E-state index is 0.0244. The molecule has 6 nitrogen and oxygen atoms in total. The Kier molecular flexibility index (Phi) is 3.73. The van der Waals surface area contributed by atoms with E-state index < -0.39 is 0 Å². The van der Waals surface area contributed by atoms with Gasteiger partial charge in [0.05, 0.1) is 0 Å². The van der Waals surface area contributed by atoms with E-state index in [-0.39, 0.29) is 5.84 Å². The van der Waals surface area contributed by atoms with E-state index in [0.29, 0.717) is 15.7 Å². The molecule has 0 unspecified atom stereocenters. The van der Waals surface area contributed by atoms with E-state index in [4.69, 9.17) is 22.5 Å². The number of hydrogen-bond acceptors (Lipinski definition) is 5. The van der Waals surface area contributed by atoms with Gasteiger partial charge in [0.15, 0.2) is 11.0 Å². The second-order valence-electron chi connectivity index (χ2n) is 3.39. The topological polar surface area (TPSA) is 89.3 Å². The molecule has 1 aromatic carbocycles. The fourth-order valence-corrected chi connectivity index (χ4v) is 2.50. The average molecular weight is 284 g/mol. The third kappa shape index (κ3) is 2.57. The molecule has 0 saturated heterocycles. The van der Waals surface area contributed by atoms with Crippen LogP contribution in [-0.2, 0) is 7.05 Å². The summed E-state index contributed by atoms with van der Waals surface area (Å²) in [6.07, 6.45) is 1.45. The van der Waals surface area contributed by atoms with Crippen LogP contribution in [0.15, 0.2) is 39.7 Å². The largest absolute Gasteiger partial charge is 0.409 e. The lowest BCUT2D eigenvalue weighted by Crippen LogP contribution is -2.14. The summed E-state index contributed by atoms with van der Waals surface area (Å²) in [5.74, 6) is 0.0244. The number of aryl methyl sites for hydroxylation is 1. The van der Waals surface area contributed by atoms with Crippen molar-refractivity contribution in [3.63, 3.8) is 0 Å². The molecule has 94 valence electrons. The maximum atomic E-state index is 8.75. The molecule has 3 N–H and O–H groups in total. The van der Waals surface area contributed by atoms with Crippen molar-refractivity contribution in [1.29, 1.82) is 0 Å². The smallest absolute Gasteiger partial charge is 0.190 e. The molecule has 0 radical (unpaired) electrons. The lowest BCUT2D eigenvalue weighted by atomic mass is 10.2. The summed E-state index contributed by atoms with van der Waals surface area (Å²) in [5, 5.41) is 17.0. The van der Waals surface area contributed by atoms with E-state index in [1.165, 1.54) is 18.1 Å². The summed E-state index contributed by atoms with van der Waals surface area (Å²) < 4.78 is 1.63. The van der Waals surface area contributed by atoms with Gasteiger partial charge in [-0.3, -0.25) is 0 Å². The highest BCUT2D eigenvalue weighted by atomic mass is 35.5. The van der Waals surface area contributed by atoms with E-state index >= 15 is 0 Å². The number of hydrogen-bond donors (Lipinski definition) is 2. The van der Waals surface area contributed by atoms with Crippen LogP contribution >= 0.6 is 23.4 Å². The Bertz CT molecular complexity index is 598. The molecule has 0 bridgehead atoms. The van der Waals surface area contributed by atoms with Gasteiger partial charge in [-0.1, -0.05) is 16.8 Å². The van der Waals surface area contributed by atoms with Crippen LogP contribution in [0.25, 0.3) is 0 Å². The van der Waals surface area contributed by atoms with Crippen LogP contribution in [-0.4, -0.2) is 25.8 Å². The summed E-state index contributed by atoms with van der Waals surface area (Å²) in [6, 6.07) is 5.10. The van der Waals surface area contributed by atoms with Crippen molar-refractivity contribution >= 4 is 29.2 Å². The number of aromatic nitrogens is 3. The van der Waals surface area contributed by atoms with Crippen molar-refractivity contribution in [2.75, 3.05) is 0 Å². The van der Waals surface area contributed by atoms with Crippen molar-refractivity contribution in [2.45, 2.75) is 10.1 Å². The molecular formula is C10H10ClN5OS. The van der Waals surface area contributed by atoms with Crippen LogP contribution in [0.3, 0.4) is 0 Å². The molecule has 1 aromatic heterocycles. The third-order valence-corrected chi connectivity index (χ3v) is 3.54. The fourth-order valence-electron chi connectivity index (χ4n) is 1.32. The van der Waals surface area contributed by atoms with E-state index in [0.717, 1.165) is 4.90 Å². The molecule has 2 aromatic rings. The Morgan fingerprint density at radius 1 is 1.56 bits per heavy atom. The molecule has 8 heteroatoms. The molecule has 0 aliphatic heterocycles. The highest BCUT2D eigenvalue weighted by Crippen LogP contribution is 2.30. The first-order valence-corrected chi connectivity index (χ1v) is 6.10. The number of oxime groups is 1. The summed E-state index contributed by atoms with van der Waals surface area (Å²) in [4.78, 5) is 4.84. The Hall–Kier alpha value is -1.73. The van der Waals surface area contributed by atoms with Crippen LogP contribution in [0, 0.1) is 0 Å². The highest BCUT2D eigenvalue weighted by molar-refractivity contribution is 7.99. The normalized spacial score (nSPS) is 11.8. The van der Waals surface area contributed by atoms with Crippen LogP contribution in [0.2, 0.25) is 5.02 Å². The zero-order valence-electron chi connectivity index (χ0n) is 9.41. The molecule has 1 heterocycles. The van der Waals surface area contributed by atoms with Gasteiger partial charge in [-0.05, 0) is 30.0 Å². The maximum absolute atomic E-state index is 8.75. The molecular weight excluding hydrogens is 274 g/mol. The third-order valence-electron chi connectivity index (χ3n) is 2.20. The predicted octanol–water partition coefficient (Wildman–Crippen LogP) is 1.71. The van der Waals surface area contributed by atoms with Gasteiger partial charge in [0.1, 0.15) is 6.33 Å². The molecule has 0 atom stereocenters. The number of nitrogens with zero attached hydrogens (tertiary/aromatic N) is 4. The van der Waals surface area contributed by atoms with Gasteiger partial charge < -0.3 is 10.9 Å². The zero-order valence-corrected chi connectivity index (χ0v) is 11.0. The van der Waals surface area contributed by atoms with Crippen molar-refractivity contribution in [1.82, 2.24) is 14.8 Å². The average Bonchev–Trinajstić information content (AvgIpc) is 2.74. The van der Waals surface area contributed by atoms with E-state index in [9.17, 15) is 0 Å². The van der Waals surface area contributed by atoms with Crippen molar-refractivity contribution in [2.24, 2.45) is 17.9 Å². The maximum Gasteiger partial charge on any atom is 0.190 e. The summed E-state index contributed by atoms with van der Waals surface area (Å²) in [6.45, 7) is 0. The highest BCUT2D eigenvalue weighted by Gasteiger charge is 2.12. The number of benzene rings is 1. The second-order valence-corrected chi connectivity index (χ2v) is 4.84. The SMILES string of the molecule is Cn1ncnc1Sc1cc(Cl)ccc1/C(N)=N/O. The van der Waals surface area contributed by atoms with Crippen LogP contribution in [0.1, 0.15) is 5.56 Å². The van der Waals surface area contributed by atoms with Gasteiger partial charge in [-0.2, -0.15) is 5.10 Å². The first-order chi connectivity index (χ1) is 8.61. The van der Waals surface area contributed by atoms with E-state index in [2.05, 4.69) is 15.2 Å². The molecule has 0 aliphatic rings. The molecule has 0 fully saturated rings. The quantitative estimate of drug-likeness (QED) is 0.387. The van der Waals surface area contributed by atoms with Crippen LogP contribution < -0.4 is 5.73 Å². The number of nitrogens with two attached hydrogens (primary N) is 1. The molecule has 0 aliphatic carbocycles. The molecule has 0 amide bonds. The van der Waals surface area contributed by atoms with E-state index in [1.54, 1.807) is 29.9 Å². The zero-order chi connectivity index (χ0) is 13.1. The van der Waals surface area contributed by atoms with Gasteiger partial charge in [0.25, 0.3) is 0 Å². The Labute approximate surface area is 112 Å². The first kappa shape index (κ1) is 12.7. The number of amidine groups is 1. The van der Waals surface area contributed by atoms with Gasteiger partial charge in [0.2, 0.25) is 0 Å². The molecule has 18 heavy (non-hydrogen) atoms. The van der Waals surface area contributed by atoms with Crippen LogP contribution in [0.4, 0.5) is 0 Å². The molecule has 2 rings (SSSR count). The Morgan fingerprint density at radius 3 is 2.94 bits per heavy atom. The van der Waals surface area contributed by atoms with E-state index in [1.807, 2.05) is 0 Å². The minimum absolute atomic E-state index is 0.0244. The summed E-state index contributed by atoms with van der Waals surface area (Å²) in [7, 11) is 1.78. The minimum Gasteiger partial charge on any atom is -0.409 e. The predicted molar refractivity (Wildman–Crippen MR) is 69.1 cm³/mol. The van der Waals surface area contributed by atoms with Gasteiger partial charge in [-0.25, -0.2) is 9.67 Å². The first-order valence-electron chi connectivity index (χ1n) is 4.91. The lowest BCUT2D eigenvalue weighted by Gasteiger charge is -2.07. The van der Waals surface area contributed by atoms with Gasteiger partial charge in [-0.15, -0.1) is 0 Å². The second kappa shape index (κ2) is 5.28. The summed E-state index contributed by atoms with van der Waals surface area (Å²) >= 11 is 7.28. The fraction of sp³-hybridized carbons (Fsp3) is 0.100. The summed E-state index contributed by atoms with van der Waals surface area (Å²) in [5.41, 5.74) is 6.21. The van der Waals surface area contributed by atoms with Crippen molar-refractivity contribution < 1.29 is 5.21 Å². The standard InChI is InChI=1S/C10H10ClN5OS/c1-16-10(13-5-14-16)18-8-4-6(11)2-3-7(8)9(12)15-17/h2-5,17H,1H3,(H2,12,15). The van der Waals surface area contributed by atoms with Gasteiger partial charge >= 0.3 is 0 Å². The molecule has 0 spiro atoms. The Morgan fingerprint density at radius 2 is 2.33 bits per heavy atom.